The zero-order chi connectivity index (χ0) is 15.0. The highest BCUT2D eigenvalue weighted by molar-refractivity contribution is 6.30. The Kier molecular flexibility index (Phi) is 4.24. The second kappa shape index (κ2) is 5.47. The third-order valence-corrected chi connectivity index (χ3v) is 4.02. The van der Waals surface area contributed by atoms with Gasteiger partial charge in [0.05, 0.1) is 6.54 Å². The SMILES string of the molecule is CC1(C)CC(=NCc2ccc(Cl)cc2)CC(C)(C)N1[O]. The quantitative estimate of drug-likeness (QED) is 0.801. The van der Waals surface area contributed by atoms with E-state index in [0.717, 1.165) is 29.1 Å². The summed E-state index contributed by atoms with van der Waals surface area (Å²) in [6.45, 7) is 8.59. The van der Waals surface area contributed by atoms with Gasteiger partial charge in [0.25, 0.3) is 0 Å². The van der Waals surface area contributed by atoms with Gasteiger partial charge in [0, 0.05) is 34.7 Å². The molecule has 3 nitrogen and oxygen atoms in total. The van der Waals surface area contributed by atoms with Crippen LogP contribution >= 0.6 is 11.6 Å². The topological polar surface area (TPSA) is 35.5 Å². The fourth-order valence-corrected chi connectivity index (χ4v) is 3.05. The van der Waals surface area contributed by atoms with Gasteiger partial charge in [0.1, 0.15) is 0 Å². The average molecular weight is 294 g/mol. The number of aliphatic imine (C=N–C) groups is 1. The summed E-state index contributed by atoms with van der Waals surface area (Å²) in [4.78, 5) is 4.72. The Morgan fingerprint density at radius 2 is 1.60 bits per heavy atom. The van der Waals surface area contributed by atoms with Crippen LogP contribution in [0.15, 0.2) is 29.3 Å². The van der Waals surface area contributed by atoms with E-state index in [1.165, 1.54) is 5.06 Å². The molecule has 0 bridgehead atoms. The van der Waals surface area contributed by atoms with Crippen molar-refractivity contribution in [1.29, 1.82) is 0 Å². The zero-order valence-corrected chi connectivity index (χ0v) is 13.4. The first-order valence-electron chi connectivity index (χ1n) is 6.95. The number of rotatable bonds is 2. The van der Waals surface area contributed by atoms with Crippen LogP contribution in [0.2, 0.25) is 5.02 Å². The molecule has 1 aliphatic heterocycles. The number of hydroxylamine groups is 2. The molecule has 1 radical (unpaired) electrons. The fourth-order valence-electron chi connectivity index (χ4n) is 2.93. The van der Waals surface area contributed by atoms with Gasteiger partial charge in [0.2, 0.25) is 0 Å². The summed E-state index contributed by atoms with van der Waals surface area (Å²) in [5.74, 6) is 0. The van der Waals surface area contributed by atoms with Gasteiger partial charge in [-0.25, -0.2) is 0 Å². The molecule has 2 rings (SSSR count). The van der Waals surface area contributed by atoms with Gasteiger partial charge in [-0.3, -0.25) is 4.99 Å². The minimum Gasteiger partial charge on any atom is -0.289 e. The van der Waals surface area contributed by atoms with Gasteiger partial charge < -0.3 is 0 Å². The van der Waals surface area contributed by atoms with E-state index in [0.29, 0.717) is 6.54 Å². The Labute approximate surface area is 126 Å². The van der Waals surface area contributed by atoms with E-state index < -0.39 is 0 Å². The van der Waals surface area contributed by atoms with Crippen LogP contribution in [0.4, 0.5) is 0 Å². The average Bonchev–Trinajstić information content (AvgIpc) is 2.35. The molecule has 0 atom stereocenters. The molecule has 1 aliphatic rings. The number of nitrogens with zero attached hydrogens (tertiary/aromatic N) is 2. The van der Waals surface area contributed by atoms with Crippen LogP contribution in [-0.4, -0.2) is 21.9 Å². The molecule has 0 saturated carbocycles. The van der Waals surface area contributed by atoms with Crippen LogP contribution in [0.3, 0.4) is 0 Å². The summed E-state index contributed by atoms with van der Waals surface area (Å²) in [5.41, 5.74) is 1.49. The van der Waals surface area contributed by atoms with E-state index in [9.17, 15) is 5.21 Å². The molecule has 0 unspecified atom stereocenters. The number of hydrogen-bond acceptors (Lipinski definition) is 2. The van der Waals surface area contributed by atoms with Gasteiger partial charge in [-0.05, 0) is 45.4 Å². The lowest BCUT2D eigenvalue weighted by Gasteiger charge is -2.47. The molecule has 1 saturated heterocycles. The first kappa shape index (κ1) is 15.5. The second-order valence-electron chi connectivity index (χ2n) is 6.78. The van der Waals surface area contributed by atoms with Crippen molar-refractivity contribution >= 4 is 17.3 Å². The Morgan fingerprint density at radius 3 is 2.10 bits per heavy atom. The molecule has 0 N–H and O–H groups in total. The zero-order valence-electron chi connectivity index (χ0n) is 12.6. The Morgan fingerprint density at radius 1 is 1.10 bits per heavy atom. The predicted molar refractivity (Wildman–Crippen MR) is 82.5 cm³/mol. The van der Waals surface area contributed by atoms with E-state index in [1.54, 1.807) is 0 Å². The van der Waals surface area contributed by atoms with Crippen molar-refractivity contribution in [1.82, 2.24) is 5.06 Å². The maximum absolute atomic E-state index is 12.3. The fraction of sp³-hybridized carbons (Fsp3) is 0.562. The van der Waals surface area contributed by atoms with Crippen molar-refractivity contribution in [2.75, 3.05) is 0 Å². The Bertz CT molecular complexity index is 486. The standard InChI is InChI=1S/C16H22ClN2O/c1-15(2)9-14(10-16(3,4)19(15)20)18-11-12-5-7-13(17)8-6-12/h5-8H,9-11H2,1-4H3. The minimum atomic E-state index is -0.388. The van der Waals surface area contributed by atoms with Crippen LogP contribution in [-0.2, 0) is 11.8 Å². The number of hydrogen-bond donors (Lipinski definition) is 0. The molecule has 0 amide bonds. The summed E-state index contributed by atoms with van der Waals surface area (Å²) in [6.07, 6.45) is 1.46. The largest absolute Gasteiger partial charge is 0.289 e. The lowest BCUT2D eigenvalue weighted by Crippen LogP contribution is -2.58. The summed E-state index contributed by atoms with van der Waals surface area (Å²) in [6, 6.07) is 7.74. The minimum absolute atomic E-state index is 0.388. The van der Waals surface area contributed by atoms with Crippen LogP contribution in [0, 0.1) is 0 Å². The van der Waals surface area contributed by atoms with Crippen molar-refractivity contribution in [2.24, 2.45) is 4.99 Å². The summed E-state index contributed by atoms with van der Waals surface area (Å²) in [7, 11) is 0. The number of halogens is 1. The Hall–Kier alpha value is -0.900. The highest BCUT2D eigenvalue weighted by Gasteiger charge is 2.44. The van der Waals surface area contributed by atoms with E-state index in [-0.39, 0.29) is 11.1 Å². The molecule has 109 valence electrons. The van der Waals surface area contributed by atoms with Crippen molar-refractivity contribution < 1.29 is 5.21 Å². The van der Waals surface area contributed by atoms with Crippen molar-refractivity contribution in [2.45, 2.75) is 58.2 Å². The third-order valence-electron chi connectivity index (χ3n) is 3.77. The van der Waals surface area contributed by atoms with Gasteiger partial charge in [-0.15, -0.1) is 10.3 Å². The van der Waals surface area contributed by atoms with Gasteiger partial charge >= 0.3 is 0 Å². The van der Waals surface area contributed by atoms with Crippen LogP contribution in [0.5, 0.6) is 0 Å². The molecule has 1 heterocycles. The van der Waals surface area contributed by atoms with Crippen LogP contribution < -0.4 is 0 Å². The van der Waals surface area contributed by atoms with E-state index in [2.05, 4.69) is 0 Å². The van der Waals surface area contributed by atoms with Gasteiger partial charge in [-0.1, -0.05) is 23.7 Å². The molecule has 0 spiro atoms. The molecule has 4 heteroatoms. The van der Waals surface area contributed by atoms with E-state index >= 15 is 0 Å². The predicted octanol–water partition coefficient (Wildman–Crippen LogP) is 4.28. The molecule has 0 aliphatic carbocycles. The lowest BCUT2D eigenvalue weighted by atomic mass is 9.81. The van der Waals surface area contributed by atoms with Crippen molar-refractivity contribution in [3.63, 3.8) is 0 Å². The van der Waals surface area contributed by atoms with Gasteiger partial charge in [-0.2, -0.15) is 0 Å². The molecule has 1 aromatic rings. The smallest absolute Gasteiger partial charge is 0.0639 e. The first-order chi connectivity index (χ1) is 9.21. The molecule has 0 aromatic heterocycles. The number of benzene rings is 1. The normalized spacial score (nSPS) is 21.8. The monoisotopic (exact) mass is 293 g/mol. The molecule has 1 fully saturated rings. The van der Waals surface area contributed by atoms with E-state index in [4.69, 9.17) is 16.6 Å². The van der Waals surface area contributed by atoms with E-state index in [1.807, 2.05) is 52.0 Å². The highest BCUT2D eigenvalue weighted by atomic mass is 35.5. The molecule has 1 aromatic carbocycles. The number of piperidine rings is 1. The third kappa shape index (κ3) is 3.40. The van der Waals surface area contributed by atoms with Crippen LogP contribution in [0.25, 0.3) is 0 Å². The maximum atomic E-state index is 12.3. The molecular weight excluding hydrogens is 272 g/mol. The summed E-state index contributed by atoms with van der Waals surface area (Å²) < 4.78 is 0. The molecular formula is C16H22ClN2O. The lowest BCUT2D eigenvalue weighted by molar-refractivity contribution is -0.273. The van der Waals surface area contributed by atoms with Gasteiger partial charge in [0.15, 0.2) is 0 Å². The second-order valence-corrected chi connectivity index (χ2v) is 7.22. The Balaban J connectivity index is 2.12. The van der Waals surface area contributed by atoms with Crippen molar-refractivity contribution in [3.05, 3.63) is 34.9 Å². The summed E-state index contributed by atoms with van der Waals surface area (Å²) >= 11 is 5.88. The van der Waals surface area contributed by atoms with Crippen LogP contribution in [0.1, 0.15) is 46.1 Å². The van der Waals surface area contributed by atoms with Crippen molar-refractivity contribution in [3.8, 4) is 0 Å². The molecule has 20 heavy (non-hydrogen) atoms. The summed E-state index contributed by atoms with van der Waals surface area (Å²) in [5, 5.41) is 14.2. The maximum Gasteiger partial charge on any atom is 0.0639 e. The highest BCUT2D eigenvalue weighted by Crippen LogP contribution is 2.35. The first-order valence-corrected chi connectivity index (χ1v) is 7.33.